The van der Waals surface area contributed by atoms with Crippen LogP contribution in [-0.4, -0.2) is 69.0 Å². The maximum atomic E-state index is 12.6. The fourth-order valence-electron chi connectivity index (χ4n) is 3.18. The van der Waals surface area contributed by atoms with Crippen LogP contribution in [0.2, 0.25) is 0 Å². The molecule has 1 saturated carbocycles. The fourth-order valence-corrected chi connectivity index (χ4v) is 4.91. The Morgan fingerprint density at radius 1 is 1.22 bits per heavy atom. The van der Waals surface area contributed by atoms with E-state index in [4.69, 9.17) is 0 Å². The minimum atomic E-state index is -3.00. The number of sulfone groups is 1. The molecule has 1 unspecified atom stereocenters. The van der Waals surface area contributed by atoms with E-state index >= 15 is 0 Å². The van der Waals surface area contributed by atoms with Gasteiger partial charge in [-0.3, -0.25) is 0 Å². The highest BCUT2D eigenvalue weighted by atomic mass is 32.2. The van der Waals surface area contributed by atoms with Crippen molar-refractivity contribution in [2.75, 3.05) is 38.7 Å². The summed E-state index contributed by atoms with van der Waals surface area (Å²) in [5.41, 5.74) is 1.29. The lowest BCUT2D eigenvalue weighted by Gasteiger charge is -2.29. The molecule has 0 aromatic heterocycles. The van der Waals surface area contributed by atoms with Crippen LogP contribution in [0.15, 0.2) is 11.8 Å². The van der Waals surface area contributed by atoms with Gasteiger partial charge in [0.2, 0.25) is 0 Å². The van der Waals surface area contributed by atoms with Crippen LogP contribution in [0.4, 0.5) is 4.79 Å². The van der Waals surface area contributed by atoms with E-state index in [1.165, 1.54) is 24.8 Å². The van der Waals surface area contributed by atoms with Crippen LogP contribution in [0.1, 0.15) is 38.5 Å². The van der Waals surface area contributed by atoms with Crippen LogP contribution < -0.4 is 5.32 Å². The number of carbonyl (C=O) groups is 1. The van der Waals surface area contributed by atoms with E-state index < -0.39 is 9.84 Å². The molecule has 132 valence electrons. The van der Waals surface area contributed by atoms with E-state index in [2.05, 4.69) is 5.32 Å². The second-order valence-corrected chi connectivity index (χ2v) is 9.09. The predicted molar refractivity (Wildman–Crippen MR) is 92.0 cm³/mol. The molecule has 6 nitrogen and oxygen atoms in total. The summed E-state index contributed by atoms with van der Waals surface area (Å²) in [5.74, 6) is 0.273. The first-order valence-electron chi connectivity index (χ1n) is 8.47. The number of carbonyl (C=O) groups excluding carboxylic acids is 1. The van der Waals surface area contributed by atoms with Crippen molar-refractivity contribution < 1.29 is 13.2 Å². The van der Waals surface area contributed by atoms with Crippen molar-refractivity contribution in [3.63, 3.8) is 0 Å². The summed E-state index contributed by atoms with van der Waals surface area (Å²) in [6, 6.07) is -0.378. The fraction of sp³-hybridized carbons (Fsp3) is 0.812. The maximum Gasteiger partial charge on any atom is 0.321 e. The SMILES string of the molecule is CN(C)CCN(C(=O)NC=C1CCCCC1)C1CCS(=O)(=O)C1. The van der Waals surface area contributed by atoms with Crippen molar-refractivity contribution in [1.82, 2.24) is 15.1 Å². The molecule has 2 amide bonds. The molecule has 7 heteroatoms. The van der Waals surface area contributed by atoms with Crippen molar-refractivity contribution in [3.05, 3.63) is 11.8 Å². The molecule has 1 saturated heterocycles. The first-order valence-corrected chi connectivity index (χ1v) is 10.3. The average molecular weight is 343 g/mol. The van der Waals surface area contributed by atoms with Gasteiger partial charge >= 0.3 is 6.03 Å². The molecular weight excluding hydrogens is 314 g/mol. The number of allylic oxidation sites excluding steroid dienone is 1. The second kappa shape index (κ2) is 8.15. The third-order valence-electron chi connectivity index (χ3n) is 4.59. The van der Waals surface area contributed by atoms with Gasteiger partial charge in [0.05, 0.1) is 11.5 Å². The highest BCUT2D eigenvalue weighted by Crippen LogP contribution is 2.22. The summed E-state index contributed by atoms with van der Waals surface area (Å²) < 4.78 is 23.5. The van der Waals surface area contributed by atoms with Crippen LogP contribution in [0.3, 0.4) is 0 Å². The van der Waals surface area contributed by atoms with Crippen LogP contribution in [-0.2, 0) is 9.84 Å². The van der Waals surface area contributed by atoms with Crippen molar-refractivity contribution in [1.29, 1.82) is 0 Å². The molecule has 0 aromatic rings. The molecule has 1 heterocycles. The Labute approximate surface area is 139 Å². The van der Waals surface area contributed by atoms with Gasteiger partial charge in [0, 0.05) is 25.3 Å². The lowest BCUT2D eigenvalue weighted by Crippen LogP contribution is -2.48. The van der Waals surface area contributed by atoms with Crippen LogP contribution in [0.5, 0.6) is 0 Å². The maximum absolute atomic E-state index is 12.6. The van der Waals surface area contributed by atoms with Gasteiger partial charge in [0.25, 0.3) is 0 Å². The minimum absolute atomic E-state index is 0.0877. The topological polar surface area (TPSA) is 69.7 Å². The Morgan fingerprint density at radius 2 is 1.91 bits per heavy atom. The summed E-state index contributed by atoms with van der Waals surface area (Å²) >= 11 is 0. The van der Waals surface area contributed by atoms with Crippen molar-refractivity contribution in [2.45, 2.75) is 44.6 Å². The molecule has 1 atom stereocenters. The van der Waals surface area contributed by atoms with Gasteiger partial charge in [-0.05, 0) is 46.2 Å². The monoisotopic (exact) mass is 343 g/mol. The lowest BCUT2D eigenvalue weighted by atomic mass is 9.96. The lowest BCUT2D eigenvalue weighted by molar-refractivity contribution is 0.176. The van der Waals surface area contributed by atoms with E-state index in [-0.39, 0.29) is 23.6 Å². The molecule has 0 spiro atoms. The second-order valence-electron chi connectivity index (χ2n) is 6.87. The Balaban J connectivity index is 1.98. The zero-order chi connectivity index (χ0) is 16.9. The largest absolute Gasteiger partial charge is 0.321 e. The molecule has 1 aliphatic heterocycles. The summed E-state index contributed by atoms with van der Waals surface area (Å²) in [6.07, 6.45) is 8.12. The first-order chi connectivity index (χ1) is 10.9. The quantitative estimate of drug-likeness (QED) is 0.823. The van der Waals surface area contributed by atoms with Crippen LogP contribution in [0.25, 0.3) is 0 Å². The molecular formula is C16H29N3O3S. The molecule has 1 aliphatic carbocycles. The number of urea groups is 1. The molecule has 0 aromatic carbocycles. The minimum Gasteiger partial charge on any atom is -0.319 e. The van der Waals surface area contributed by atoms with Gasteiger partial charge in [0.1, 0.15) is 0 Å². The Bertz CT molecular complexity index is 535. The van der Waals surface area contributed by atoms with Gasteiger partial charge in [-0.2, -0.15) is 0 Å². The van der Waals surface area contributed by atoms with Gasteiger partial charge in [-0.1, -0.05) is 12.0 Å². The molecule has 2 fully saturated rings. The van der Waals surface area contributed by atoms with E-state index in [0.717, 1.165) is 19.4 Å². The summed E-state index contributed by atoms with van der Waals surface area (Å²) in [7, 11) is 0.901. The number of nitrogens with one attached hydrogen (secondary N) is 1. The smallest absolute Gasteiger partial charge is 0.319 e. The summed E-state index contributed by atoms with van der Waals surface area (Å²) in [5, 5.41) is 2.89. The molecule has 2 aliphatic rings. The third-order valence-corrected chi connectivity index (χ3v) is 6.34. The molecule has 2 rings (SSSR count). The highest BCUT2D eigenvalue weighted by molar-refractivity contribution is 7.91. The van der Waals surface area contributed by atoms with Crippen molar-refractivity contribution in [3.8, 4) is 0 Å². The molecule has 23 heavy (non-hydrogen) atoms. The van der Waals surface area contributed by atoms with Crippen molar-refractivity contribution >= 4 is 15.9 Å². The summed E-state index contributed by atoms with van der Waals surface area (Å²) in [4.78, 5) is 16.3. The Kier molecular flexibility index (Phi) is 6.47. The zero-order valence-electron chi connectivity index (χ0n) is 14.3. The predicted octanol–water partition coefficient (Wildman–Crippen LogP) is 1.59. The summed E-state index contributed by atoms with van der Waals surface area (Å²) in [6.45, 7) is 1.27. The normalized spacial score (nSPS) is 23.8. The molecule has 1 N–H and O–H groups in total. The van der Waals surface area contributed by atoms with E-state index in [1.54, 1.807) is 4.90 Å². The van der Waals surface area contributed by atoms with E-state index in [9.17, 15) is 13.2 Å². The number of amides is 2. The van der Waals surface area contributed by atoms with Gasteiger partial charge < -0.3 is 15.1 Å². The van der Waals surface area contributed by atoms with E-state index in [1.807, 2.05) is 25.2 Å². The van der Waals surface area contributed by atoms with Gasteiger partial charge in [-0.25, -0.2) is 13.2 Å². The standard InChI is InChI=1S/C16H29N3O3S/c1-18(2)9-10-19(15-8-11-23(21,22)13-15)16(20)17-12-14-6-4-3-5-7-14/h12,15H,3-11,13H2,1-2H3,(H,17,20). The number of hydrogen-bond acceptors (Lipinski definition) is 4. The number of rotatable bonds is 5. The van der Waals surface area contributed by atoms with Crippen LogP contribution >= 0.6 is 0 Å². The van der Waals surface area contributed by atoms with Gasteiger partial charge in [0.15, 0.2) is 9.84 Å². The number of hydrogen-bond donors (Lipinski definition) is 1. The van der Waals surface area contributed by atoms with Crippen molar-refractivity contribution in [2.24, 2.45) is 0 Å². The number of likely N-dealkylation sites (N-methyl/N-ethyl adjacent to an activating group) is 1. The number of nitrogens with zero attached hydrogens (tertiary/aromatic N) is 2. The van der Waals surface area contributed by atoms with Crippen LogP contribution in [0, 0.1) is 0 Å². The first kappa shape index (κ1) is 18.3. The Hall–Kier alpha value is -1.08. The average Bonchev–Trinajstić information content (AvgIpc) is 2.86. The highest BCUT2D eigenvalue weighted by Gasteiger charge is 2.34. The molecule has 0 bridgehead atoms. The Morgan fingerprint density at radius 3 is 2.48 bits per heavy atom. The molecule has 0 radical (unpaired) electrons. The zero-order valence-corrected chi connectivity index (χ0v) is 15.1. The van der Waals surface area contributed by atoms with Gasteiger partial charge in [-0.15, -0.1) is 0 Å². The third kappa shape index (κ3) is 5.80. The van der Waals surface area contributed by atoms with E-state index in [0.29, 0.717) is 13.0 Å².